The Kier molecular flexibility index (Phi) is 7.84. The summed E-state index contributed by atoms with van der Waals surface area (Å²) in [6.07, 6.45) is 3.18. The lowest BCUT2D eigenvalue weighted by Crippen LogP contribution is -2.28. The Morgan fingerprint density at radius 2 is 1.97 bits per heavy atom. The molecular formula is C26H32FN5O4S. The summed E-state index contributed by atoms with van der Waals surface area (Å²) in [6, 6.07) is 4.13. The standard InChI is InChI=1S/C26H32FN5O4S/c1-15-22-24(31-18-6-5-16(27)11-21(18)36-17-12-19(33)20(34)13-17)29-14-30-26(22)37-23(15)25(35)28-7-4-10-32-8-2-3-9-32/h5-6,11,14,17,19-20,33-34H,2-4,7-10,12-13H2,1H3,(H,28,35)(H,29,30,31)/t17?,19-,20+. The molecule has 9 nitrogen and oxygen atoms in total. The number of nitrogens with one attached hydrogen (secondary N) is 2. The number of benzene rings is 1. The first-order valence-electron chi connectivity index (χ1n) is 12.7. The maximum Gasteiger partial charge on any atom is 0.261 e. The van der Waals surface area contributed by atoms with Crippen molar-refractivity contribution < 1.29 is 24.1 Å². The molecule has 5 rings (SSSR count). The zero-order valence-electron chi connectivity index (χ0n) is 20.7. The lowest BCUT2D eigenvalue weighted by molar-refractivity contribution is 0.0438. The largest absolute Gasteiger partial charge is 0.488 e. The molecule has 3 heterocycles. The minimum atomic E-state index is -0.866. The molecule has 3 atom stereocenters. The number of aliphatic hydroxyl groups is 2. The van der Waals surface area contributed by atoms with E-state index in [2.05, 4.69) is 25.5 Å². The molecule has 37 heavy (non-hydrogen) atoms. The Hall–Kier alpha value is -2.86. The second-order valence-corrected chi connectivity index (χ2v) is 10.7. The first kappa shape index (κ1) is 25.8. The summed E-state index contributed by atoms with van der Waals surface area (Å²) >= 11 is 1.31. The van der Waals surface area contributed by atoms with Gasteiger partial charge in [0.25, 0.3) is 5.91 Å². The Bertz CT molecular complexity index is 1260. The van der Waals surface area contributed by atoms with Crippen LogP contribution in [-0.2, 0) is 0 Å². The smallest absolute Gasteiger partial charge is 0.261 e. The number of thiophene rings is 1. The van der Waals surface area contributed by atoms with Crippen molar-refractivity contribution in [1.82, 2.24) is 20.2 Å². The molecule has 1 amide bonds. The number of hydrogen-bond acceptors (Lipinski definition) is 9. The summed E-state index contributed by atoms with van der Waals surface area (Å²) in [4.78, 5) is 25.4. The number of aryl methyl sites for hydroxylation is 1. The van der Waals surface area contributed by atoms with Gasteiger partial charge in [0.2, 0.25) is 0 Å². The molecular weight excluding hydrogens is 497 g/mol. The van der Waals surface area contributed by atoms with E-state index in [1.807, 2.05) is 6.92 Å². The summed E-state index contributed by atoms with van der Waals surface area (Å²) in [7, 11) is 0. The maximum atomic E-state index is 14.1. The maximum absolute atomic E-state index is 14.1. The van der Waals surface area contributed by atoms with Gasteiger partial charge in [-0.05, 0) is 63.5 Å². The molecule has 2 fully saturated rings. The number of aliphatic hydroxyl groups excluding tert-OH is 2. The van der Waals surface area contributed by atoms with Crippen LogP contribution in [0.4, 0.5) is 15.9 Å². The third kappa shape index (κ3) is 5.85. The van der Waals surface area contributed by atoms with Gasteiger partial charge in [0, 0.05) is 25.5 Å². The Labute approximate surface area is 218 Å². The number of anilines is 2. The van der Waals surface area contributed by atoms with Gasteiger partial charge in [-0.1, -0.05) is 0 Å². The van der Waals surface area contributed by atoms with Crippen LogP contribution in [0.5, 0.6) is 5.75 Å². The molecule has 4 N–H and O–H groups in total. The fourth-order valence-corrected chi connectivity index (χ4v) is 6.09. The Balaban J connectivity index is 1.32. The molecule has 1 aliphatic carbocycles. The van der Waals surface area contributed by atoms with Gasteiger partial charge in [-0.15, -0.1) is 11.3 Å². The minimum Gasteiger partial charge on any atom is -0.488 e. The van der Waals surface area contributed by atoms with Gasteiger partial charge in [-0.3, -0.25) is 4.79 Å². The highest BCUT2D eigenvalue weighted by Gasteiger charge is 2.33. The van der Waals surface area contributed by atoms with Crippen molar-refractivity contribution in [2.45, 2.75) is 57.3 Å². The number of amides is 1. The molecule has 1 saturated carbocycles. The average Bonchev–Trinajstić information content (AvgIpc) is 3.59. The van der Waals surface area contributed by atoms with E-state index in [4.69, 9.17) is 4.74 Å². The minimum absolute atomic E-state index is 0.128. The van der Waals surface area contributed by atoms with Crippen LogP contribution in [0.15, 0.2) is 24.5 Å². The fourth-order valence-electron chi connectivity index (χ4n) is 5.02. The van der Waals surface area contributed by atoms with Crippen molar-refractivity contribution in [3.63, 3.8) is 0 Å². The normalized spacial score (nSPS) is 22.0. The van der Waals surface area contributed by atoms with Crippen LogP contribution in [-0.4, -0.2) is 75.5 Å². The number of rotatable bonds is 9. The van der Waals surface area contributed by atoms with Crippen molar-refractivity contribution in [1.29, 1.82) is 0 Å². The van der Waals surface area contributed by atoms with Crippen LogP contribution in [0, 0.1) is 12.7 Å². The number of ether oxygens (including phenoxy) is 1. The topological polar surface area (TPSA) is 120 Å². The molecule has 1 aliphatic heterocycles. The number of aromatic nitrogens is 2. The van der Waals surface area contributed by atoms with Gasteiger partial charge >= 0.3 is 0 Å². The highest BCUT2D eigenvalue weighted by molar-refractivity contribution is 7.20. The van der Waals surface area contributed by atoms with Crippen LogP contribution in [0.1, 0.15) is 47.3 Å². The monoisotopic (exact) mass is 529 g/mol. The van der Waals surface area contributed by atoms with Crippen LogP contribution in [0.3, 0.4) is 0 Å². The van der Waals surface area contributed by atoms with Crippen LogP contribution in [0.25, 0.3) is 10.2 Å². The van der Waals surface area contributed by atoms with E-state index in [0.717, 1.165) is 37.0 Å². The van der Waals surface area contributed by atoms with E-state index in [9.17, 15) is 19.4 Å². The van der Waals surface area contributed by atoms with Gasteiger partial charge < -0.3 is 30.5 Å². The van der Waals surface area contributed by atoms with Crippen LogP contribution >= 0.6 is 11.3 Å². The summed E-state index contributed by atoms with van der Waals surface area (Å²) in [5, 5.41) is 26.7. The van der Waals surface area contributed by atoms with Gasteiger partial charge in [0.1, 0.15) is 34.6 Å². The number of carbonyl (C=O) groups is 1. The summed E-state index contributed by atoms with van der Waals surface area (Å²) < 4.78 is 20.0. The molecule has 1 unspecified atom stereocenters. The Morgan fingerprint density at radius 3 is 2.73 bits per heavy atom. The fraction of sp³-hybridized carbons (Fsp3) is 0.500. The van der Waals surface area contributed by atoms with Crippen molar-refractivity contribution >= 4 is 39.0 Å². The highest BCUT2D eigenvalue weighted by Crippen LogP contribution is 2.37. The predicted molar refractivity (Wildman–Crippen MR) is 140 cm³/mol. The van der Waals surface area contributed by atoms with Gasteiger partial charge in [0.15, 0.2) is 0 Å². The number of nitrogens with zero attached hydrogens (tertiary/aromatic N) is 3. The summed E-state index contributed by atoms with van der Waals surface area (Å²) in [5.74, 6) is 0.136. The lowest BCUT2D eigenvalue weighted by atomic mass is 10.2. The van der Waals surface area contributed by atoms with Crippen LogP contribution in [0.2, 0.25) is 0 Å². The van der Waals surface area contributed by atoms with E-state index >= 15 is 0 Å². The number of carbonyl (C=O) groups excluding carboxylic acids is 1. The number of fused-ring (bicyclic) bond motifs is 1. The van der Waals surface area contributed by atoms with Crippen molar-refractivity contribution in [2.75, 3.05) is 31.5 Å². The Morgan fingerprint density at radius 1 is 1.22 bits per heavy atom. The number of hydrogen-bond donors (Lipinski definition) is 4. The molecule has 198 valence electrons. The van der Waals surface area contributed by atoms with Crippen molar-refractivity contribution in [2.24, 2.45) is 0 Å². The summed E-state index contributed by atoms with van der Waals surface area (Å²) in [6.45, 7) is 5.76. The lowest BCUT2D eigenvalue weighted by Gasteiger charge is -2.17. The van der Waals surface area contributed by atoms with Crippen LogP contribution < -0.4 is 15.4 Å². The molecule has 11 heteroatoms. The quantitative estimate of drug-likeness (QED) is 0.312. The van der Waals surface area contributed by atoms with Gasteiger partial charge in [0.05, 0.1) is 28.2 Å². The SMILES string of the molecule is Cc1c(C(=O)NCCCN2CCCC2)sc2ncnc(Nc3ccc(F)cc3OC3C[C@@H](O)[C@@H](O)C3)c12. The molecule has 1 saturated heterocycles. The van der Waals surface area contributed by atoms with E-state index < -0.39 is 24.1 Å². The zero-order valence-corrected chi connectivity index (χ0v) is 21.6. The van der Waals surface area contributed by atoms with Gasteiger partial charge in [-0.25, -0.2) is 14.4 Å². The molecule has 2 aromatic heterocycles. The number of halogens is 1. The molecule has 0 radical (unpaired) electrons. The number of likely N-dealkylation sites (tertiary alicyclic amines) is 1. The molecule has 3 aromatic rings. The molecule has 2 aliphatic rings. The second kappa shape index (κ2) is 11.3. The van der Waals surface area contributed by atoms with Gasteiger partial charge in [-0.2, -0.15) is 0 Å². The van der Waals surface area contributed by atoms with E-state index in [0.29, 0.717) is 27.8 Å². The van der Waals surface area contributed by atoms with Crippen molar-refractivity contribution in [3.05, 3.63) is 40.8 Å². The first-order valence-corrected chi connectivity index (χ1v) is 13.5. The van der Waals surface area contributed by atoms with Crippen molar-refractivity contribution in [3.8, 4) is 5.75 Å². The highest BCUT2D eigenvalue weighted by atomic mass is 32.1. The zero-order chi connectivity index (χ0) is 25.9. The third-order valence-corrected chi connectivity index (χ3v) is 8.21. The predicted octanol–water partition coefficient (Wildman–Crippen LogP) is 3.36. The second-order valence-electron chi connectivity index (χ2n) is 9.73. The van der Waals surface area contributed by atoms with E-state index in [1.54, 1.807) is 6.07 Å². The van der Waals surface area contributed by atoms with E-state index in [1.165, 1.54) is 42.6 Å². The average molecular weight is 530 g/mol. The summed E-state index contributed by atoms with van der Waals surface area (Å²) in [5.41, 5.74) is 1.25. The molecule has 1 aromatic carbocycles. The molecule has 0 bridgehead atoms. The van der Waals surface area contributed by atoms with E-state index in [-0.39, 0.29) is 24.5 Å². The third-order valence-electron chi connectivity index (χ3n) is 7.01. The molecule has 0 spiro atoms. The first-order chi connectivity index (χ1) is 17.9.